The summed E-state index contributed by atoms with van der Waals surface area (Å²) in [5.41, 5.74) is -0.0731. The Kier molecular flexibility index (Phi) is 4.75. The number of ether oxygens (including phenoxy) is 2. The normalized spacial score (nSPS) is 20.4. The lowest BCUT2D eigenvalue weighted by Crippen LogP contribution is -2.36. The van der Waals surface area contributed by atoms with Gasteiger partial charge in [-0.25, -0.2) is 4.79 Å². The van der Waals surface area contributed by atoms with E-state index < -0.39 is 5.97 Å². The summed E-state index contributed by atoms with van der Waals surface area (Å²) in [6.07, 6.45) is 3.08. The minimum Gasteiger partial charge on any atom is -0.477 e. The predicted octanol–water partition coefficient (Wildman–Crippen LogP) is 1.65. The first-order valence-electron chi connectivity index (χ1n) is 6.26. The van der Waals surface area contributed by atoms with Crippen LogP contribution >= 0.6 is 0 Å². The lowest BCUT2D eigenvalue weighted by molar-refractivity contribution is -0.139. The van der Waals surface area contributed by atoms with Crippen LogP contribution in [0.5, 0.6) is 0 Å². The summed E-state index contributed by atoms with van der Waals surface area (Å²) in [6.45, 7) is 7.94. The first kappa shape index (κ1) is 15.3. The molecule has 0 spiro atoms. The molecule has 0 unspecified atom stereocenters. The molecule has 19 heavy (non-hydrogen) atoms. The van der Waals surface area contributed by atoms with Crippen LogP contribution in [0.1, 0.15) is 27.7 Å². The van der Waals surface area contributed by atoms with Gasteiger partial charge in [0.2, 0.25) is 0 Å². The van der Waals surface area contributed by atoms with Crippen LogP contribution in [-0.4, -0.2) is 42.5 Å². The van der Waals surface area contributed by atoms with Crippen LogP contribution in [0.3, 0.4) is 0 Å². The van der Waals surface area contributed by atoms with E-state index in [2.05, 4.69) is 13.8 Å². The van der Waals surface area contributed by atoms with Gasteiger partial charge in [-0.15, -0.1) is 0 Å². The number of allylic oxidation sites excluding steroid dienone is 2. The molecule has 0 saturated carbocycles. The molecule has 0 amide bonds. The number of esters is 1. The molecule has 0 aromatic heterocycles. The van der Waals surface area contributed by atoms with Gasteiger partial charge in [-0.2, -0.15) is 0 Å². The maximum atomic E-state index is 11.6. The highest BCUT2D eigenvalue weighted by atomic mass is 16.5. The lowest BCUT2D eigenvalue weighted by atomic mass is 10.1. The molecule has 1 rings (SSSR count). The van der Waals surface area contributed by atoms with E-state index in [0.29, 0.717) is 12.5 Å². The molecule has 106 valence electrons. The van der Waals surface area contributed by atoms with E-state index >= 15 is 0 Å². The van der Waals surface area contributed by atoms with E-state index in [1.807, 2.05) is 11.9 Å². The molecule has 5 heteroatoms. The Hall–Kier alpha value is -1.78. The lowest BCUT2D eigenvalue weighted by Gasteiger charge is -2.25. The molecular weight excluding hydrogens is 246 g/mol. The van der Waals surface area contributed by atoms with Crippen molar-refractivity contribution < 1.29 is 19.1 Å². The molecule has 0 atom stereocenters. The summed E-state index contributed by atoms with van der Waals surface area (Å²) < 4.78 is 10.4. The van der Waals surface area contributed by atoms with Crippen molar-refractivity contribution in [3.8, 4) is 0 Å². The fourth-order valence-electron chi connectivity index (χ4n) is 1.60. The summed E-state index contributed by atoms with van der Waals surface area (Å²) in [6, 6.07) is 0. The Morgan fingerprint density at radius 1 is 1.47 bits per heavy atom. The first-order chi connectivity index (χ1) is 8.79. The molecule has 0 radical (unpaired) electrons. The number of hydrogen-bond donors (Lipinski definition) is 0. The molecule has 0 N–H and O–H groups in total. The van der Waals surface area contributed by atoms with Gasteiger partial charge in [0.1, 0.15) is 12.2 Å². The van der Waals surface area contributed by atoms with Crippen LogP contribution in [0, 0.1) is 0 Å². The van der Waals surface area contributed by atoms with Crippen LogP contribution < -0.4 is 0 Å². The van der Waals surface area contributed by atoms with Crippen LogP contribution in [0.25, 0.3) is 0 Å². The summed E-state index contributed by atoms with van der Waals surface area (Å²) in [4.78, 5) is 25.0. The molecule has 1 fully saturated rings. The van der Waals surface area contributed by atoms with Crippen LogP contribution in [0.15, 0.2) is 23.6 Å². The summed E-state index contributed by atoms with van der Waals surface area (Å²) in [7, 11) is 1.91. The number of carbonyl (C=O) groups excluding carboxylic acids is 2. The first-order valence-corrected chi connectivity index (χ1v) is 6.26. The van der Waals surface area contributed by atoms with Gasteiger partial charge in [0.05, 0.1) is 12.1 Å². The van der Waals surface area contributed by atoms with Crippen molar-refractivity contribution >= 4 is 11.8 Å². The topological polar surface area (TPSA) is 55.8 Å². The third kappa shape index (κ3) is 3.59. The average molecular weight is 267 g/mol. The molecule has 0 aromatic rings. The zero-order valence-corrected chi connectivity index (χ0v) is 12.1. The maximum Gasteiger partial charge on any atom is 0.341 e. The van der Waals surface area contributed by atoms with Crippen LogP contribution in [-0.2, 0) is 19.1 Å². The molecule has 1 aliphatic rings. The van der Waals surface area contributed by atoms with Crippen molar-refractivity contribution in [1.82, 2.24) is 4.90 Å². The minimum atomic E-state index is -0.605. The molecule has 1 heterocycles. The second-order valence-electron chi connectivity index (χ2n) is 5.02. The Morgan fingerprint density at radius 3 is 2.53 bits per heavy atom. The van der Waals surface area contributed by atoms with Gasteiger partial charge >= 0.3 is 5.97 Å². The molecule has 5 nitrogen and oxygen atoms in total. The van der Waals surface area contributed by atoms with Gasteiger partial charge in [0, 0.05) is 7.05 Å². The predicted molar refractivity (Wildman–Crippen MR) is 71.3 cm³/mol. The van der Waals surface area contributed by atoms with E-state index in [9.17, 15) is 9.59 Å². The van der Waals surface area contributed by atoms with Gasteiger partial charge in [-0.1, -0.05) is 0 Å². The highest BCUT2D eigenvalue weighted by Gasteiger charge is 2.33. The SMILES string of the molecule is CCOC(=O)C(=CC=C1OCC(C)(C)N1C)C(C)=O. The number of likely N-dealkylation sites (N-methyl/N-ethyl adjacent to an activating group) is 1. The molecule has 0 bridgehead atoms. The summed E-state index contributed by atoms with van der Waals surface area (Å²) >= 11 is 0. The largest absolute Gasteiger partial charge is 0.477 e. The van der Waals surface area contributed by atoms with Gasteiger partial charge in [-0.05, 0) is 39.8 Å². The van der Waals surface area contributed by atoms with Gasteiger partial charge in [0.25, 0.3) is 0 Å². The molecular formula is C14H21NO4. The van der Waals surface area contributed by atoms with E-state index in [1.165, 1.54) is 13.0 Å². The van der Waals surface area contributed by atoms with Gasteiger partial charge in [0.15, 0.2) is 11.7 Å². The second kappa shape index (κ2) is 5.91. The third-order valence-corrected chi connectivity index (χ3v) is 3.08. The zero-order chi connectivity index (χ0) is 14.6. The van der Waals surface area contributed by atoms with Gasteiger partial charge in [-0.3, -0.25) is 4.79 Å². The number of ketones is 1. The summed E-state index contributed by atoms with van der Waals surface area (Å²) in [5, 5.41) is 0. The number of nitrogens with zero attached hydrogens (tertiary/aromatic N) is 1. The van der Waals surface area contributed by atoms with Crippen molar-refractivity contribution in [2.45, 2.75) is 33.2 Å². The van der Waals surface area contributed by atoms with Crippen molar-refractivity contribution in [1.29, 1.82) is 0 Å². The molecule has 1 aliphatic heterocycles. The van der Waals surface area contributed by atoms with Gasteiger partial charge < -0.3 is 14.4 Å². The van der Waals surface area contributed by atoms with E-state index in [-0.39, 0.29) is 23.5 Å². The fraction of sp³-hybridized carbons (Fsp3) is 0.571. The fourth-order valence-corrected chi connectivity index (χ4v) is 1.60. The minimum absolute atomic E-state index is 0.0241. The van der Waals surface area contributed by atoms with Crippen LogP contribution in [0.2, 0.25) is 0 Å². The van der Waals surface area contributed by atoms with E-state index in [0.717, 1.165) is 0 Å². The highest BCUT2D eigenvalue weighted by molar-refractivity contribution is 6.16. The maximum absolute atomic E-state index is 11.6. The highest BCUT2D eigenvalue weighted by Crippen LogP contribution is 2.27. The second-order valence-corrected chi connectivity index (χ2v) is 5.02. The average Bonchev–Trinajstić information content (AvgIpc) is 2.56. The number of rotatable bonds is 4. The Labute approximate surface area is 113 Å². The van der Waals surface area contributed by atoms with Crippen molar-refractivity contribution in [3.05, 3.63) is 23.6 Å². The van der Waals surface area contributed by atoms with E-state index in [1.54, 1.807) is 13.0 Å². The molecule has 0 aliphatic carbocycles. The molecule has 0 aromatic carbocycles. The van der Waals surface area contributed by atoms with Crippen LogP contribution in [0.4, 0.5) is 0 Å². The standard InChI is InChI=1S/C14H21NO4/c1-6-18-13(17)11(10(2)16)7-8-12-15(5)14(3,4)9-19-12/h7-8H,6,9H2,1-5H3. The Morgan fingerprint density at radius 2 is 2.11 bits per heavy atom. The monoisotopic (exact) mass is 267 g/mol. The number of hydrogen-bond acceptors (Lipinski definition) is 5. The number of Topliss-reactive ketones (excluding diaryl/α,β-unsaturated/α-hetero) is 1. The van der Waals surface area contributed by atoms with Crippen molar-refractivity contribution in [3.63, 3.8) is 0 Å². The number of carbonyl (C=O) groups is 2. The smallest absolute Gasteiger partial charge is 0.341 e. The Balaban J connectivity index is 2.93. The van der Waals surface area contributed by atoms with E-state index in [4.69, 9.17) is 9.47 Å². The third-order valence-electron chi connectivity index (χ3n) is 3.08. The quantitative estimate of drug-likeness (QED) is 0.335. The van der Waals surface area contributed by atoms with Crippen molar-refractivity contribution in [2.24, 2.45) is 0 Å². The van der Waals surface area contributed by atoms with Crippen molar-refractivity contribution in [2.75, 3.05) is 20.3 Å². The summed E-state index contributed by atoms with van der Waals surface area (Å²) in [5.74, 6) is -0.296. The zero-order valence-electron chi connectivity index (χ0n) is 12.1. The Bertz CT molecular complexity index is 435. The molecule has 1 saturated heterocycles.